The number of carbonyl (C=O) groups excluding carboxylic acids is 3. The molecule has 0 saturated carbocycles. The minimum atomic E-state index is -0.783. The van der Waals surface area contributed by atoms with Gasteiger partial charge in [0.15, 0.2) is 6.10 Å². The minimum absolute atomic E-state index is 0.0812. The van der Waals surface area contributed by atoms with Crippen LogP contribution in [-0.4, -0.2) is 37.2 Å². The Morgan fingerprint density at radius 2 is 0.607 bits per heavy atom. The van der Waals surface area contributed by atoms with Crippen LogP contribution in [-0.2, 0) is 28.6 Å². The maximum absolute atomic E-state index is 12.8. The lowest BCUT2D eigenvalue weighted by Crippen LogP contribution is -2.30. The maximum Gasteiger partial charge on any atom is 0.306 e. The number of ether oxygens (including phenoxy) is 3. The summed E-state index contributed by atoms with van der Waals surface area (Å²) in [6.07, 6.45) is 59.4. The summed E-state index contributed by atoms with van der Waals surface area (Å²) in [7, 11) is 0. The third kappa shape index (κ3) is 48.3. The number of allylic oxidation sites excluding steroid dienone is 8. The highest BCUT2D eigenvalue weighted by Gasteiger charge is 2.19. The number of esters is 3. The highest BCUT2D eigenvalue weighted by Crippen LogP contribution is 2.15. The van der Waals surface area contributed by atoms with Crippen LogP contribution in [0, 0.1) is 0 Å². The summed E-state index contributed by atoms with van der Waals surface area (Å²) < 4.78 is 16.8. The van der Waals surface area contributed by atoms with Crippen molar-refractivity contribution in [3.63, 3.8) is 0 Å². The molecule has 0 spiro atoms. The van der Waals surface area contributed by atoms with Crippen LogP contribution in [0.1, 0.15) is 265 Å². The highest BCUT2D eigenvalue weighted by molar-refractivity contribution is 5.71. The smallest absolute Gasteiger partial charge is 0.306 e. The summed E-state index contributed by atoms with van der Waals surface area (Å²) in [5.41, 5.74) is 0. The second-order valence-corrected chi connectivity index (χ2v) is 17.4. The van der Waals surface area contributed by atoms with Gasteiger partial charge in [0.05, 0.1) is 0 Å². The van der Waals surface area contributed by atoms with Gasteiger partial charge in [0.2, 0.25) is 0 Å². The molecule has 0 rings (SSSR count). The molecule has 0 bridgehead atoms. The van der Waals surface area contributed by atoms with Gasteiger partial charge < -0.3 is 14.2 Å². The molecule has 6 heteroatoms. The molecule has 0 radical (unpaired) electrons. The molecule has 0 aromatic carbocycles. The fourth-order valence-electron chi connectivity index (χ4n) is 7.31. The molecule has 0 aromatic rings. The van der Waals surface area contributed by atoms with E-state index in [0.29, 0.717) is 19.3 Å². The molecule has 0 heterocycles. The Kier molecular flexibility index (Phi) is 47.9. The molecular weight excluding hydrogens is 757 g/mol. The van der Waals surface area contributed by atoms with Gasteiger partial charge in [-0.15, -0.1) is 0 Å². The molecule has 0 N–H and O–H groups in total. The van der Waals surface area contributed by atoms with Crippen molar-refractivity contribution in [2.45, 2.75) is 271 Å². The second kappa shape index (κ2) is 50.0. The van der Waals surface area contributed by atoms with E-state index in [2.05, 4.69) is 69.4 Å². The Bertz CT molecular complexity index is 1070. The first kappa shape index (κ1) is 58.4. The zero-order chi connectivity index (χ0) is 44.4. The molecule has 0 aliphatic heterocycles. The van der Waals surface area contributed by atoms with Crippen LogP contribution in [0.4, 0.5) is 0 Å². The quantitative estimate of drug-likeness (QED) is 0.0263. The van der Waals surface area contributed by atoms with Gasteiger partial charge in [-0.2, -0.15) is 0 Å². The molecular formula is C55H98O6. The van der Waals surface area contributed by atoms with Crippen molar-refractivity contribution in [1.29, 1.82) is 0 Å². The van der Waals surface area contributed by atoms with Crippen LogP contribution in [0.25, 0.3) is 0 Å². The number of rotatable bonds is 47. The fourth-order valence-corrected chi connectivity index (χ4v) is 7.31. The number of carbonyl (C=O) groups is 3. The zero-order valence-electron chi connectivity index (χ0n) is 40.4. The molecule has 354 valence electrons. The van der Waals surface area contributed by atoms with Crippen LogP contribution < -0.4 is 0 Å². The van der Waals surface area contributed by atoms with Gasteiger partial charge in [-0.3, -0.25) is 14.4 Å². The first-order valence-electron chi connectivity index (χ1n) is 26.1. The summed E-state index contributed by atoms with van der Waals surface area (Å²) in [5, 5.41) is 0. The summed E-state index contributed by atoms with van der Waals surface area (Å²) in [4.78, 5) is 38.0. The van der Waals surface area contributed by atoms with E-state index in [9.17, 15) is 14.4 Å². The standard InChI is InChI=1S/C55H98O6/c1-4-7-10-13-16-19-22-25-28-31-33-36-39-42-45-48-54(57)60-51-52(61-55(58)49-46-43-40-37-34-30-27-24-21-18-15-12-9-6-3)50-59-53(56)47-44-41-38-35-32-29-26-23-20-17-14-11-8-5-2/h15-16,18-19,24-25,27-28,52H,4-14,17,20-23,26,29-51H2,1-3H3/b18-15-,19-16-,27-24-,28-25-. The second-order valence-electron chi connectivity index (χ2n) is 17.4. The van der Waals surface area contributed by atoms with E-state index in [1.54, 1.807) is 0 Å². The van der Waals surface area contributed by atoms with Gasteiger partial charge in [0.1, 0.15) is 13.2 Å². The van der Waals surface area contributed by atoms with Crippen LogP contribution in [0.2, 0.25) is 0 Å². The molecule has 0 amide bonds. The third-order valence-corrected chi connectivity index (χ3v) is 11.3. The van der Waals surface area contributed by atoms with E-state index in [1.165, 1.54) is 122 Å². The Labute approximate surface area is 378 Å². The first-order valence-corrected chi connectivity index (χ1v) is 26.1. The van der Waals surface area contributed by atoms with Gasteiger partial charge in [-0.1, -0.05) is 217 Å². The Hall–Kier alpha value is -2.63. The molecule has 1 unspecified atom stereocenters. The molecule has 6 nitrogen and oxygen atoms in total. The molecule has 61 heavy (non-hydrogen) atoms. The third-order valence-electron chi connectivity index (χ3n) is 11.3. The molecule has 0 aliphatic carbocycles. The van der Waals surface area contributed by atoms with Crippen molar-refractivity contribution in [3.05, 3.63) is 48.6 Å². The Morgan fingerprint density at radius 1 is 0.328 bits per heavy atom. The highest BCUT2D eigenvalue weighted by atomic mass is 16.6. The van der Waals surface area contributed by atoms with Crippen molar-refractivity contribution in [2.24, 2.45) is 0 Å². The monoisotopic (exact) mass is 855 g/mol. The van der Waals surface area contributed by atoms with Gasteiger partial charge in [0.25, 0.3) is 0 Å². The van der Waals surface area contributed by atoms with Crippen molar-refractivity contribution >= 4 is 17.9 Å². The normalized spacial score (nSPS) is 12.4. The van der Waals surface area contributed by atoms with Gasteiger partial charge in [0, 0.05) is 19.3 Å². The van der Waals surface area contributed by atoms with Crippen LogP contribution in [0.15, 0.2) is 48.6 Å². The topological polar surface area (TPSA) is 78.9 Å². The predicted octanol–water partition coefficient (Wildman–Crippen LogP) is 17.1. The number of hydrogen-bond donors (Lipinski definition) is 0. The lowest BCUT2D eigenvalue weighted by Gasteiger charge is -2.18. The van der Waals surface area contributed by atoms with Crippen molar-refractivity contribution in [3.8, 4) is 0 Å². The molecule has 0 saturated heterocycles. The SMILES string of the molecule is CCCC/C=C\C/C=C\CCCCCCCC(=O)OC(COC(=O)CCCCCCC/C=C\C/C=C\CCCCC)COC(=O)CCCCCCCCCCCCCCCC. The first-order chi connectivity index (χ1) is 30.0. The lowest BCUT2D eigenvalue weighted by molar-refractivity contribution is -0.167. The van der Waals surface area contributed by atoms with Crippen LogP contribution >= 0.6 is 0 Å². The molecule has 0 aliphatic rings. The number of unbranched alkanes of at least 4 members (excludes halogenated alkanes) is 28. The van der Waals surface area contributed by atoms with Crippen LogP contribution in [0.5, 0.6) is 0 Å². The predicted molar refractivity (Wildman–Crippen MR) is 261 cm³/mol. The molecule has 0 aromatic heterocycles. The summed E-state index contributed by atoms with van der Waals surface area (Å²) in [6, 6.07) is 0. The van der Waals surface area contributed by atoms with E-state index >= 15 is 0 Å². The average Bonchev–Trinajstić information content (AvgIpc) is 3.26. The summed E-state index contributed by atoms with van der Waals surface area (Å²) in [6.45, 7) is 6.56. The number of hydrogen-bond acceptors (Lipinski definition) is 6. The van der Waals surface area contributed by atoms with Gasteiger partial charge in [-0.25, -0.2) is 0 Å². The van der Waals surface area contributed by atoms with Crippen molar-refractivity contribution in [1.82, 2.24) is 0 Å². The van der Waals surface area contributed by atoms with Crippen molar-refractivity contribution in [2.75, 3.05) is 13.2 Å². The zero-order valence-corrected chi connectivity index (χ0v) is 40.4. The maximum atomic E-state index is 12.8. The van der Waals surface area contributed by atoms with E-state index in [0.717, 1.165) is 103 Å². The van der Waals surface area contributed by atoms with Gasteiger partial charge >= 0.3 is 17.9 Å². The van der Waals surface area contributed by atoms with E-state index < -0.39 is 6.10 Å². The largest absolute Gasteiger partial charge is 0.462 e. The molecule has 1 atom stereocenters. The fraction of sp³-hybridized carbons (Fsp3) is 0.800. The van der Waals surface area contributed by atoms with Gasteiger partial charge in [-0.05, 0) is 77.0 Å². The van der Waals surface area contributed by atoms with E-state index in [4.69, 9.17) is 14.2 Å². The summed E-state index contributed by atoms with van der Waals surface area (Å²) >= 11 is 0. The van der Waals surface area contributed by atoms with Crippen LogP contribution in [0.3, 0.4) is 0 Å². The van der Waals surface area contributed by atoms with E-state index in [1.807, 2.05) is 0 Å². The van der Waals surface area contributed by atoms with Crippen molar-refractivity contribution < 1.29 is 28.6 Å². The molecule has 0 fully saturated rings. The minimum Gasteiger partial charge on any atom is -0.462 e. The average molecular weight is 855 g/mol. The Balaban J connectivity index is 4.40. The van der Waals surface area contributed by atoms with E-state index in [-0.39, 0.29) is 31.1 Å². The Morgan fingerprint density at radius 3 is 0.984 bits per heavy atom. The summed E-state index contributed by atoms with van der Waals surface area (Å²) in [5.74, 6) is -0.902. The lowest BCUT2D eigenvalue weighted by atomic mass is 10.0.